The smallest absolute Gasteiger partial charge is 0.258 e. The Morgan fingerprint density at radius 1 is 1.20 bits per heavy atom. The van der Waals surface area contributed by atoms with E-state index in [1.807, 2.05) is 6.07 Å². The summed E-state index contributed by atoms with van der Waals surface area (Å²) < 4.78 is 21.8. The normalized spacial score (nSPS) is 14.6. The molecule has 4 aromatic rings. The molecule has 0 aliphatic carbocycles. The average Bonchev–Trinajstić information content (AvgIpc) is 3.29. The van der Waals surface area contributed by atoms with Gasteiger partial charge in [0.25, 0.3) is 5.91 Å². The van der Waals surface area contributed by atoms with Gasteiger partial charge < -0.3 is 24.4 Å². The number of aryl methyl sites for hydroxylation is 2. The number of imidazole rings is 1. The molecule has 1 saturated heterocycles. The van der Waals surface area contributed by atoms with Crippen LogP contribution in [0, 0.1) is 19.7 Å². The van der Waals surface area contributed by atoms with Gasteiger partial charge in [-0.05, 0) is 19.1 Å². The van der Waals surface area contributed by atoms with Gasteiger partial charge in [-0.3, -0.25) is 4.79 Å². The molecule has 1 aliphatic rings. The Kier molecular flexibility index (Phi) is 4.39. The number of hydrogen-bond acceptors (Lipinski definition) is 6. The van der Waals surface area contributed by atoms with Gasteiger partial charge in [-0.15, -0.1) is 0 Å². The van der Waals surface area contributed by atoms with E-state index in [1.54, 1.807) is 36.7 Å². The van der Waals surface area contributed by atoms with Crippen LogP contribution in [-0.4, -0.2) is 46.5 Å². The van der Waals surface area contributed by atoms with Gasteiger partial charge >= 0.3 is 0 Å². The predicted octanol–water partition coefficient (Wildman–Crippen LogP) is 2.89. The van der Waals surface area contributed by atoms with E-state index in [0.717, 1.165) is 31.9 Å². The molecule has 1 amide bonds. The third-order valence-corrected chi connectivity index (χ3v) is 5.22. The first-order valence-electron chi connectivity index (χ1n) is 9.81. The maximum absolute atomic E-state index is 14.4. The summed E-state index contributed by atoms with van der Waals surface area (Å²) in [5.41, 5.74) is 3.64. The van der Waals surface area contributed by atoms with Crippen molar-refractivity contribution in [1.29, 1.82) is 0 Å². The number of fused-ring (bicyclic) bond motifs is 2. The maximum atomic E-state index is 14.4. The minimum absolute atomic E-state index is 0.223. The van der Waals surface area contributed by atoms with Crippen molar-refractivity contribution in [3.8, 4) is 0 Å². The summed E-state index contributed by atoms with van der Waals surface area (Å²) in [6, 6.07) is 4.89. The quantitative estimate of drug-likeness (QED) is 0.542. The molecule has 1 fully saturated rings. The molecule has 0 unspecified atom stereocenters. The lowest BCUT2D eigenvalue weighted by atomic mass is 10.1. The summed E-state index contributed by atoms with van der Waals surface area (Å²) in [5, 5.41) is 6.09. The second-order valence-electron chi connectivity index (χ2n) is 7.42. The fraction of sp³-hybridized carbons (Fsp3) is 0.286. The molecular weight excluding hydrogens is 387 g/mol. The van der Waals surface area contributed by atoms with Crippen molar-refractivity contribution in [2.75, 3.05) is 36.4 Å². The zero-order valence-corrected chi connectivity index (χ0v) is 16.7. The van der Waals surface area contributed by atoms with Crippen LogP contribution >= 0.6 is 0 Å². The van der Waals surface area contributed by atoms with Gasteiger partial charge in [0.2, 0.25) is 0 Å². The monoisotopic (exact) mass is 408 g/mol. The van der Waals surface area contributed by atoms with Crippen molar-refractivity contribution >= 4 is 34.0 Å². The molecule has 1 aliphatic heterocycles. The van der Waals surface area contributed by atoms with Gasteiger partial charge in [-0.1, -0.05) is 0 Å². The van der Waals surface area contributed by atoms with E-state index in [-0.39, 0.29) is 11.6 Å². The number of anilines is 2. The largest absolute Gasteiger partial charge is 0.439 e. The molecule has 0 atom stereocenters. The lowest BCUT2D eigenvalue weighted by Gasteiger charge is -2.29. The lowest BCUT2D eigenvalue weighted by molar-refractivity contribution is 0.102. The highest BCUT2D eigenvalue weighted by atomic mass is 19.1. The van der Waals surface area contributed by atoms with E-state index in [4.69, 9.17) is 4.42 Å². The van der Waals surface area contributed by atoms with Crippen LogP contribution in [0.3, 0.4) is 0 Å². The first-order valence-corrected chi connectivity index (χ1v) is 9.81. The highest BCUT2D eigenvalue weighted by Gasteiger charge is 2.22. The van der Waals surface area contributed by atoms with Crippen LogP contribution in [0.25, 0.3) is 16.7 Å². The van der Waals surface area contributed by atoms with Crippen molar-refractivity contribution < 1.29 is 13.6 Å². The van der Waals surface area contributed by atoms with E-state index in [0.29, 0.717) is 33.9 Å². The highest BCUT2D eigenvalue weighted by molar-refractivity contribution is 6.13. The molecule has 1 aromatic carbocycles. The van der Waals surface area contributed by atoms with Crippen LogP contribution in [0.1, 0.15) is 21.9 Å². The minimum Gasteiger partial charge on any atom is -0.439 e. The zero-order valence-electron chi connectivity index (χ0n) is 16.7. The Morgan fingerprint density at radius 2 is 2.00 bits per heavy atom. The Balaban J connectivity index is 1.51. The molecule has 8 nitrogen and oxygen atoms in total. The molecule has 0 bridgehead atoms. The fourth-order valence-electron chi connectivity index (χ4n) is 3.88. The van der Waals surface area contributed by atoms with Crippen LogP contribution in [-0.2, 0) is 0 Å². The van der Waals surface area contributed by atoms with Crippen LogP contribution in [0.15, 0.2) is 35.0 Å². The van der Waals surface area contributed by atoms with E-state index >= 15 is 0 Å². The standard InChI is InChI=1S/C21H21FN6O2/c1-12-10-28-11-14(9-16(22)20(28)24-12)26-21(29)15-3-4-17(27-7-5-23-6-8-27)19-18(15)25-13(2)30-19/h3-4,9-11,23H,5-8H2,1-2H3,(H,26,29). The number of hydrogen-bond donors (Lipinski definition) is 2. The van der Waals surface area contributed by atoms with Crippen LogP contribution in [0.4, 0.5) is 15.8 Å². The molecule has 0 radical (unpaired) electrons. The third kappa shape index (κ3) is 3.17. The summed E-state index contributed by atoms with van der Waals surface area (Å²) in [4.78, 5) is 23.8. The number of carbonyl (C=O) groups is 1. The Labute approximate surface area is 171 Å². The second kappa shape index (κ2) is 7.10. The van der Waals surface area contributed by atoms with E-state index in [1.165, 1.54) is 6.07 Å². The summed E-state index contributed by atoms with van der Waals surface area (Å²) in [5.74, 6) is -0.392. The third-order valence-electron chi connectivity index (χ3n) is 5.22. The van der Waals surface area contributed by atoms with Crippen molar-refractivity contribution in [3.05, 3.63) is 53.6 Å². The minimum atomic E-state index is -0.502. The Hall–Kier alpha value is -3.46. The first kappa shape index (κ1) is 18.6. The molecule has 9 heteroatoms. The van der Waals surface area contributed by atoms with Crippen LogP contribution < -0.4 is 15.5 Å². The van der Waals surface area contributed by atoms with E-state index < -0.39 is 5.82 Å². The van der Waals surface area contributed by atoms with Crippen molar-refractivity contribution in [1.82, 2.24) is 19.7 Å². The maximum Gasteiger partial charge on any atom is 0.258 e. The zero-order chi connectivity index (χ0) is 20.8. The van der Waals surface area contributed by atoms with Gasteiger partial charge in [0.1, 0.15) is 5.52 Å². The van der Waals surface area contributed by atoms with Gasteiger partial charge in [0.15, 0.2) is 22.9 Å². The number of amides is 1. The molecule has 30 heavy (non-hydrogen) atoms. The van der Waals surface area contributed by atoms with Crippen molar-refractivity contribution in [3.63, 3.8) is 0 Å². The van der Waals surface area contributed by atoms with Gasteiger partial charge in [0.05, 0.1) is 22.6 Å². The molecule has 2 N–H and O–H groups in total. The molecular formula is C21H21FN6O2. The van der Waals surface area contributed by atoms with Crippen molar-refractivity contribution in [2.24, 2.45) is 0 Å². The number of carbonyl (C=O) groups excluding carboxylic acids is 1. The molecule has 3 aromatic heterocycles. The summed E-state index contributed by atoms with van der Waals surface area (Å²) in [6.45, 7) is 7.02. The number of nitrogens with zero attached hydrogens (tertiary/aromatic N) is 4. The SMILES string of the molecule is Cc1cn2cc(NC(=O)c3ccc(N4CCNCC4)c4oc(C)nc34)cc(F)c2n1. The van der Waals surface area contributed by atoms with Gasteiger partial charge in [0, 0.05) is 51.6 Å². The van der Waals surface area contributed by atoms with E-state index in [2.05, 4.69) is 25.5 Å². The summed E-state index contributed by atoms with van der Waals surface area (Å²) in [7, 11) is 0. The molecule has 5 rings (SSSR count). The average molecular weight is 408 g/mol. The predicted molar refractivity (Wildman–Crippen MR) is 112 cm³/mol. The number of halogens is 1. The number of aromatic nitrogens is 3. The number of pyridine rings is 1. The highest BCUT2D eigenvalue weighted by Crippen LogP contribution is 2.31. The Bertz CT molecular complexity index is 1270. The van der Waals surface area contributed by atoms with Gasteiger partial charge in [-0.2, -0.15) is 0 Å². The lowest BCUT2D eigenvalue weighted by Crippen LogP contribution is -2.43. The van der Waals surface area contributed by atoms with Crippen LogP contribution in [0.5, 0.6) is 0 Å². The molecule has 4 heterocycles. The fourth-order valence-corrected chi connectivity index (χ4v) is 3.88. The summed E-state index contributed by atoms with van der Waals surface area (Å²) in [6.07, 6.45) is 3.34. The number of piperazine rings is 1. The molecule has 0 saturated carbocycles. The molecule has 0 spiro atoms. The van der Waals surface area contributed by atoms with Crippen molar-refractivity contribution in [2.45, 2.75) is 13.8 Å². The number of rotatable bonds is 3. The van der Waals surface area contributed by atoms with Gasteiger partial charge in [-0.25, -0.2) is 14.4 Å². The Morgan fingerprint density at radius 3 is 2.80 bits per heavy atom. The number of nitrogens with one attached hydrogen (secondary N) is 2. The topological polar surface area (TPSA) is 87.7 Å². The van der Waals surface area contributed by atoms with Crippen LogP contribution in [0.2, 0.25) is 0 Å². The molecule has 154 valence electrons. The number of benzene rings is 1. The number of oxazole rings is 1. The summed E-state index contributed by atoms with van der Waals surface area (Å²) >= 11 is 0. The second-order valence-corrected chi connectivity index (χ2v) is 7.42. The first-order chi connectivity index (χ1) is 14.5. The van der Waals surface area contributed by atoms with E-state index in [9.17, 15) is 9.18 Å².